The van der Waals surface area contributed by atoms with Gasteiger partial charge in [-0.25, -0.2) is 5.43 Å². The summed E-state index contributed by atoms with van der Waals surface area (Å²) in [6.45, 7) is 4.72. The number of aryl methyl sites for hydroxylation is 1. The summed E-state index contributed by atoms with van der Waals surface area (Å²) in [4.78, 5) is 11.7. The highest BCUT2D eigenvalue weighted by atomic mass is 16.5. The molecule has 5 heteroatoms. The monoisotopic (exact) mass is 311 g/mol. The van der Waals surface area contributed by atoms with Crippen LogP contribution in [0.25, 0.3) is 0 Å². The van der Waals surface area contributed by atoms with E-state index in [0.717, 1.165) is 22.6 Å². The Morgan fingerprint density at radius 3 is 2.61 bits per heavy atom. The average molecular weight is 311 g/mol. The fourth-order valence-electron chi connectivity index (χ4n) is 1.96. The molecule has 0 aliphatic carbocycles. The third-order valence-electron chi connectivity index (χ3n) is 3.20. The first-order chi connectivity index (χ1) is 11.2. The molecule has 0 atom stereocenters. The number of ether oxygens (including phenoxy) is 1. The molecule has 2 aromatic carbocycles. The molecule has 2 aromatic rings. The van der Waals surface area contributed by atoms with Gasteiger partial charge in [0.2, 0.25) is 0 Å². The summed E-state index contributed by atoms with van der Waals surface area (Å²) in [6, 6.07) is 15.3. The fraction of sp³-hybridized carbons (Fsp3) is 0.222. The molecule has 120 valence electrons. The van der Waals surface area contributed by atoms with Gasteiger partial charge in [-0.15, -0.1) is 0 Å². The summed E-state index contributed by atoms with van der Waals surface area (Å²) in [5, 5.41) is 7.00. The zero-order chi connectivity index (χ0) is 16.5. The molecular weight excluding hydrogens is 290 g/mol. The Morgan fingerprint density at radius 2 is 1.91 bits per heavy atom. The molecule has 0 bridgehead atoms. The van der Waals surface area contributed by atoms with Crippen molar-refractivity contribution in [1.82, 2.24) is 5.43 Å². The second kappa shape index (κ2) is 8.58. The molecule has 2 rings (SSSR count). The fourth-order valence-corrected chi connectivity index (χ4v) is 1.96. The van der Waals surface area contributed by atoms with E-state index >= 15 is 0 Å². The van der Waals surface area contributed by atoms with Crippen LogP contribution in [0.5, 0.6) is 5.75 Å². The standard InChI is InChI=1S/C18H21N3O2/c1-3-23-17-10-8-16(9-11-17)19-13-18(22)21-20-12-15-7-5-4-6-14(15)2/h4-12,19H,3,13H2,1-2H3,(H,21,22). The molecule has 0 spiro atoms. The molecule has 0 fully saturated rings. The van der Waals surface area contributed by atoms with Gasteiger partial charge in [-0.1, -0.05) is 24.3 Å². The van der Waals surface area contributed by atoms with Crippen LogP contribution in [0.1, 0.15) is 18.1 Å². The highest BCUT2D eigenvalue weighted by Crippen LogP contribution is 2.15. The summed E-state index contributed by atoms with van der Waals surface area (Å²) >= 11 is 0. The molecule has 2 N–H and O–H groups in total. The maximum atomic E-state index is 11.7. The van der Waals surface area contributed by atoms with Gasteiger partial charge in [0, 0.05) is 5.69 Å². The van der Waals surface area contributed by atoms with Crippen molar-refractivity contribution in [3.8, 4) is 5.75 Å². The molecule has 23 heavy (non-hydrogen) atoms. The number of hydrogen-bond donors (Lipinski definition) is 2. The van der Waals surface area contributed by atoms with Crippen molar-refractivity contribution < 1.29 is 9.53 Å². The molecule has 1 amide bonds. The van der Waals surface area contributed by atoms with Gasteiger partial charge in [0.05, 0.1) is 19.4 Å². The number of carbonyl (C=O) groups excluding carboxylic acids is 1. The van der Waals surface area contributed by atoms with E-state index in [1.54, 1.807) is 6.21 Å². The molecule has 0 heterocycles. The number of nitrogens with zero attached hydrogens (tertiary/aromatic N) is 1. The van der Waals surface area contributed by atoms with Crippen LogP contribution in [0, 0.1) is 6.92 Å². The second-order valence-corrected chi connectivity index (χ2v) is 4.96. The number of hydrogen-bond acceptors (Lipinski definition) is 4. The number of carbonyl (C=O) groups is 1. The minimum absolute atomic E-state index is 0.152. The molecule has 0 saturated carbocycles. The first-order valence-electron chi connectivity index (χ1n) is 7.53. The van der Waals surface area contributed by atoms with Crippen molar-refractivity contribution >= 4 is 17.8 Å². The van der Waals surface area contributed by atoms with E-state index in [4.69, 9.17) is 4.74 Å². The zero-order valence-electron chi connectivity index (χ0n) is 13.4. The molecular formula is C18H21N3O2. The lowest BCUT2D eigenvalue weighted by Gasteiger charge is -2.07. The van der Waals surface area contributed by atoms with Crippen LogP contribution in [-0.4, -0.2) is 25.3 Å². The molecule has 0 aliphatic heterocycles. The van der Waals surface area contributed by atoms with Gasteiger partial charge in [0.25, 0.3) is 5.91 Å². The van der Waals surface area contributed by atoms with Crippen molar-refractivity contribution in [2.24, 2.45) is 5.10 Å². The first-order valence-corrected chi connectivity index (χ1v) is 7.53. The lowest BCUT2D eigenvalue weighted by molar-refractivity contribution is -0.119. The molecule has 0 saturated heterocycles. The number of rotatable bonds is 7. The molecule has 0 unspecified atom stereocenters. The van der Waals surface area contributed by atoms with E-state index in [1.807, 2.05) is 62.4 Å². The smallest absolute Gasteiger partial charge is 0.259 e. The number of anilines is 1. The maximum Gasteiger partial charge on any atom is 0.259 e. The van der Waals surface area contributed by atoms with Gasteiger partial charge in [-0.3, -0.25) is 4.79 Å². The number of amides is 1. The van der Waals surface area contributed by atoms with Crippen molar-refractivity contribution in [2.45, 2.75) is 13.8 Å². The SMILES string of the molecule is CCOc1ccc(NCC(=O)NN=Cc2ccccc2C)cc1. The highest BCUT2D eigenvalue weighted by Gasteiger charge is 2.00. The van der Waals surface area contributed by atoms with E-state index in [9.17, 15) is 4.79 Å². The Labute approximate surface area is 136 Å². The van der Waals surface area contributed by atoms with Gasteiger partial charge in [0.1, 0.15) is 5.75 Å². The zero-order valence-corrected chi connectivity index (χ0v) is 13.4. The van der Waals surface area contributed by atoms with E-state index in [-0.39, 0.29) is 12.5 Å². The van der Waals surface area contributed by atoms with Crippen LogP contribution in [0.4, 0.5) is 5.69 Å². The predicted octanol–water partition coefficient (Wildman–Crippen LogP) is 2.96. The average Bonchev–Trinajstić information content (AvgIpc) is 2.56. The Morgan fingerprint density at radius 1 is 1.17 bits per heavy atom. The summed E-state index contributed by atoms with van der Waals surface area (Å²) in [7, 11) is 0. The van der Waals surface area contributed by atoms with Crippen molar-refractivity contribution in [3.05, 3.63) is 59.7 Å². The summed E-state index contributed by atoms with van der Waals surface area (Å²) < 4.78 is 5.37. The Kier molecular flexibility index (Phi) is 6.17. The minimum atomic E-state index is -0.205. The Bertz CT molecular complexity index is 666. The summed E-state index contributed by atoms with van der Waals surface area (Å²) in [6.07, 6.45) is 1.64. The topological polar surface area (TPSA) is 62.7 Å². The summed E-state index contributed by atoms with van der Waals surface area (Å²) in [5.74, 6) is 0.606. The third-order valence-corrected chi connectivity index (χ3v) is 3.20. The maximum absolute atomic E-state index is 11.7. The van der Waals surface area contributed by atoms with E-state index < -0.39 is 0 Å². The molecule has 0 aliphatic rings. The van der Waals surface area contributed by atoms with Crippen LogP contribution in [0.15, 0.2) is 53.6 Å². The quantitative estimate of drug-likeness (QED) is 0.610. The Balaban J connectivity index is 1.78. The van der Waals surface area contributed by atoms with E-state index in [0.29, 0.717) is 6.61 Å². The van der Waals surface area contributed by atoms with E-state index in [2.05, 4.69) is 15.8 Å². The van der Waals surface area contributed by atoms with Crippen LogP contribution >= 0.6 is 0 Å². The predicted molar refractivity (Wildman–Crippen MR) is 93.0 cm³/mol. The highest BCUT2D eigenvalue weighted by molar-refractivity contribution is 5.85. The number of benzene rings is 2. The lowest BCUT2D eigenvalue weighted by Crippen LogP contribution is -2.25. The van der Waals surface area contributed by atoms with Gasteiger partial charge in [-0.05, 0) is 49.2 Å². The summed E-state index contributed by atoms with van der Waals surface area (Å²) in [5.41, 5.74) is 5.45. The number of nitrogens with one attached hydrogen (secondary N) is 2. The van der Waals surface area contributed by atoms with Crippen LogP contribution in [0.2, 0.25) is 0 Å². The largest absolute Gasteiger partial charge is 0.494 e. The molecule has 5 nitrogen and oxygen atoms in total. The van der Waals surface area contributed by atoms with Gasteiger partial charge < -0.3 is 10.1 Å². The van der Waals surface area contributed by atoms with Gasteiger partial charge >= 0.3 is 0 Å². The van der Waals surface area contributed by atoms with Crippen molar-refractivity contribution in [3.63, 3.8) is 0 Å². The van der Waals surface area contributed by atoms with Crippen molar-refractivity contribution in [2.75, 3.05) is 18.5 Å². The van der Waals surface area contributed by atoms with Gasteiger partial charge in [0.15, 0.2) is 0 Å². The minimum Gasteiger partial charge on any atom is -0.494 e. The second-order valence-electron chi connectivity index (χ2n) is 4.96. The molecule has 0 radical (unpaired) electrons. The normalized spacial score (nSPS) is 10.5. The van der Waals surface area contributed by atoms with Crippen LogP contribution in [-0.2, 0) is 4.79 Å². The Hall–Kier alpha value is -2.82. The van der Waals surface area contributed by atoms with Crippen LogP contribution < -0.4 is 15.5 Å². The van der Waals surface area contributed by atoms with Crippen molar-refractivity contribution in [1.29, 1.82) is 0 Å². The lowest BCUT2D eigenvalue weighted by atomic mass is 10.1. The third kappa shape index (κ3) is 5.47. The number of hydrazone groups is 1. The molecule has 0 aromatic heterocycles. The first kappa shape index (κ1) is 16.5. The van der Waals surface area contributed by atoms with Crippen LogP contribution in [0.3, 0.4) is 0 Å². The van der Waals surface area contributed by atoms with Gasteiger partial charge in [-0.2, -0.15) is 5.10 Å². The van der Waals surface area contributed by atoms with E-state index in [1.165, 1.54) is 0 Å².